The maximum Gasteiger partial charge on any atom is 0.268 e. The Balaban J connectivity index is 4.22. The van der Waals surface area contributed by atoms with Gasteiger partial charge in [0.15, 0.2) is 0 Å². The number of quaternary nitrogens is 1. The van der Waals surface area contributed by atoms with E-state index in [9.17, 15) is 19.4 Å². The van der Waals surface area contributed by atoms with Gasteiger partial charge in [0.25, 0.3) is 7.82 Å². The first kappa shape index (κ1) is 57.5. The predicted octanol–water partition coefficient (Wildman–Crippen LogP) is 13.9. The Labute approximate surface area is 361 Å². The fraction of sp³-hybridized carbons (Fsp3) is 0.980. The van der Waals surface area contributed by atoms with Crippen LogP contribution in [-0.2, 0) is 18.4 Å². The van der Waals surface area contributed by atoms with E-state index in [2.05, 4.69) is 19.2 Å². The quantitative estimate of drug-likeness (QED) is 0.0359. The summed E-state index contributed by atoms with van der Waals surface area (Å²) in [5.41, 5.74) is 0. The fourth-order valence-corrected chi connectivity index (χ4v) is 8.53. The lowest BCUT2D eigenvalue weighted by atomic mass is 10.0. The summed E-state index contributed by atoms with van der Waals surface area (Å²) in [6, 6.07) is -0.793. The first-order valence-electron chi connectivity index (χ1n) is 25.4. The van der Waals surface area contributed by atoms with Crippen molar-refractivity contribution in [1.29, 1.82) is 0 Å². The zero-order chi connectivity index (χ0) is 42.8. The van der Waals surface area contributed by atoms with Crippen molar-refractivity contribution in [1.82, 2.24) is 5.32 Å². The van der Waals surface area contributed by atoms with Crippen LogP contribution in [0.15, 0.2) is 0 Å². The van der Waals surface area contributed by atoms with Gasteiger partial charge in [-0.15, -0.1) is 0 Å². The molecule has 0 heterocycles. The van der Waals surface area contributed by atoms with E-state index in [4.69, 9.17) is 9.05 Å². The Bertz CT molecular complexity index is 916. The molecule has 0 aliphatic carbocycles. The molecule has 0 aliphatic rings. The van der Waals surface area contributed by atoms with E-state index in [1.54, 1.807) is 0 Å². The first-order valence-corrected chi connectivity index (χ1v) is 26.8. The Morgan fingerprint density at radius 3 is 1.17 bits per heavy atom. The number of nitrogens with zero attached hydrogens (tertiary/aromatic N) is 1. The van der Waals surface area contributed by atoms with Gasteiger partial charge in [-0.1, -0.05) is 239 Å². The molecule has 0 aliphatic heterocycles. The van der Waals surface area contributed by atoms with Crippen molar-refractivity contribution in [3.8, 4) is 0 Å². The minimum Gasteiger partial charge on any atom is -0.756 e. The third kappa shape index (κ3) is 43.6. The molecule has 0 aromatic carbocycles. The predicted molar refractivity (Wildman–Crippen MR) is 247 cm³/mol. The van der Waals surface area contributed by atoms with Crippen LogP contribution in [0, 0.1) is 0 Å². The van der Waals surface area contributed by atoms with Crippen molar-refractivity contribution in [2.75, 3.05) is 40.9 Å². The summed E-state index contributed by atoms with van der Waals surface area (Å²) < 4.78 is 23.3. The third-order valence-electron chi connectivity index (χ3n) is 11.8. The van der Waals surface area contributed by atoms with Gasteiger partial charge in [0.1, 0.15) is 13.2 Å². The number of hydrogen-bond donors (Lipinski definition) is 2. The monoisotopic (exact) mass is 845 g/mol. The second-order valence-electron chi connectivity index (χ2n) is 18.9. The number of carbonyl (C=O) groups is 1. The highest BCUT2D eigenvalue weighted by Gasteiger charge is 2.24. The van der Waals surface area contributed by atoms with E-state index in [1.165, 1.54) is 193 Å². The normalized spacial score (nSPS) is 14.1. The number of aliphatic hydroxyl groups is 1. The summed E-state index contributed by atoms with van der Waals surface area (Å²) >= 11 is 0. The molecule has 0 radical (unpaired) electrons. The van der Waals surface area contributed by atoms with E-state index in [0.717, 1.165) is 38.5 Å². The zero-order valence-corrected chi connectivity index (χ0v) is 40.4. The molecule has 0 saturated heterocycles. The third-order valence-corrected chi connectivity index (χ3v) is 12.8. The summed E-state index contributed by atoms with van der Waals surface area (Å²) in [6.45, 7) is 4.76. The Morgan fingerprint density at radius 1 is 0.534 bits per heavy atom. The van der Waals surface area contributed by atoms with Crippen LogP contribution in [0.1, 0.15) is 258 Å². The minimum atomic E-state index is -4.56. The van der Waals surface area contributed by atoms with Crippen LogP contribution in [0.3, 0.4) is 0 Å². The highest BCUT2D eigenvalue weighted by Crippen LogP contribution is 2.38. The van der Waals surface area contributed by atoms with Gasteiger partial charge in [0.2, 0.25) is 5.91 Å². The van der Waals surface area contributed by atoms with E-state index >= 15 is 0 Å². The van der Waals surface area contributed by atoms with E-state index in [0.29, 0.717) is 23.9 Å². The Kier molecular flexibility index (Phi) is 41.5. The average Bonchev–Trinajstić information content (AvgIpc) is 3.17. The summed E-state index contributed by atoms with van der Waals surface area (Å²) in [5, 5.41) is 14.0. The number of amides is 1. The van der Waals surface area contributed by atoms with Gasteiger partial charge in [-0.3, -0.25) is 9.36 Å². The Hall–Kier alpha value is -0.500. The van der Waals surface area contributed by atoms with Crippen LogP contribution in [0.2, 0.25) is 0 Å². The zero-order valence-electron chi connectivity index (χ0n) is 39.5. The van der Waals surface area contributed by atoms with Gasteiger partial charge < -0.3 is 28.8 Å². The van der Waals surface area contributed by atoms with Crippen molar-refractivity contribution in [3.63, 3.8) is 0 Å². The van der Waals surface area contributed by atoms with Gasteiger partial charge >= 0.3 is 0 Å². The number of phosphoric acid groups is 1. The standard InChI is InChI=1S/C49H101N2O6P/c1-6-8-10-12-14-16-18-20-22-24-25-26-27-29-31-33-35-37-39-41-43-49(53)50-47(46-57-58(54,55)56-45-44-51(3,4)5)48(52)42-40-38-36-34-32-30-28-23-21-19-17-15-13-11-9-7-2/h47-48,52H,6-46H2,1-5H3,(H-,50,53,54,55)/t47-,48+/m0/s1. The lowest BCUT2D eigenvalue weighted by molar-refractivity contribution is -0.870. The van der Waals surface area contributed by atoms with Gasteiger partial charge in [-0.25, -0.2) is 0 Å². The summed E-state index contributed by atoms with van der Waals surface area (Å²) in [7, 11) is 1.32. The minimum absolute atomic E-state index is 0.0164. The number of phosphoric ester groups is 1. The van der Waals surface area contributed by atoms with E-state index < -0.39 is 20.0 Å². The van der Waals surface area contributed by atoms with Gasteiger partial charge in [-0.2, -0.15) is 0 Å². The number of hydrogen-bond acceptors (Lipinski definition) is 6. The molecule has 8 nitrogen and oxygen atoms in total. The van der Waals surface area contributed by atoms with Gasteiger partial charge in [0, 0.05) is 6.42 Å². The molecule has 0 spiro atoms. The molecule has 0 fully saturated rings. The van der Waals surface area contributed by atoms with Crippen LogP contribution in [0.25, 0.3) is 0 Å². The summed E-state index contributed by atoms with van der Waals surface area (Å²) in [5.74, 6) is -0.159. The molecular weight excluding hydrogens is 744 g/mol. The van der Waals surface area contributed by atoms with Crippen LogP contribution in [0.5, 0.6) is 0 Å². The van der Waals surface area contributed by atoms with E-state index in [1.807, 2.05) is 21.1 Å². The molecule has 348 valence electrons. The number of nitrogens with one attached hydrogen (secondary N) is 1. The lowest BCUT2D eigenvalue weighted by Gasteiger charge is -2.30. The second kappa shape index (κ2) is 41.8. The van der Waals surface area contributed by atoms with Crippen molar-refractivity contribution < 1.29 is 32.9 Å². The van der Waals surface area contributed by atoms with E-state index in [-0.39, 0.29) is 19.1 Å². The van der Waals surface area contributed by atoms with Crippen molar-refractivity contribution in [3.05, 3.63) is 0 Å². The number of unbranched alkanes of at least 4 members (excludes halogenated alkanes) is 34. The molecular formula is C49H101N2O6P. The maximum absolute atomic E-state index is 12.9. The molecule has 2 N–H and O–H groups in total. The van der Waals surface area contributed by atoms with Crippen molar-refractivity contribution in [2.24, 2.45) is 0 Å². The Morgan fingerprint density at radius 2 is 0.845 bits per heavy atom. The lowest BCUT2D eigenvalue weighted by Crippen LogP contribution is -2.46. The summed E-state index contributed by atoms with van der Waals surface area (Å²) in [6.07, 6.45) is 46.8. The SMILES string of the molecule is CCCCCCCCCCCCCCCCCCCCCCC(=O)N[C@@H](COP(=O)([O-])OCC[N+](C)(C)C)[C@H](O)CCCCCCCCCCCCCCCCCC. The largest absolute Gasteiger partial charge is 0.756 e. The molecule has 58 heavy (non-hydrogen) atoms. The van der Waals surface area contributed by atoms with Crippen LogP contribution in [0.4, 0.5) is 0 Å². The molecule has 0 aromatic heterocycles. The average molecular weight is 845 g/mol. The topological polar surface area (TPSA) is 108 Å². The highest BCUT2D eigenvalue weighted by atomic mass is 31.2. The molecule has 1 unspecified atom stereocenters. The maximum atomic E-state index is 12.9. The molecule has 9 heteroatoms. The molecule has 3 atom stereocenters. The van der Waals surface area contributed by atoms with Crippen LogP contribution >= 0.6 is 7.82 Å². The smallest absolute Gasteiger partial charge is 0.268 e. The second-order valence-corrected chi connectivity index (χ2v) is 20.3. The number of carbonyl (C=O) groups excluding carboxylic acids is 1. The van der Waals surface area contributed by atoms with Crippen LogP contribution in [-0.4, -0.2) is 68.5 Å². The summed E-state index contributed by atoms with van der Waals surface area (Å²) in [4.78, 5) is 25.4. The number of aliphatic hydroxyl groups excluding tert-OH is 1. The van der Waals surface area contributed by atoms with Crippen LogP contribution < -0.4 is 10.2 Å². The molecule has 0 bridgehead atoms. The van der Waals surface area contributed by atoms with Crippen molar-refractivity contribution in [2.45, 2.75) is 270 Å². The number of rotatable bonds is 47. The fourth-order valence-electron chi connectivity index (χ4n) is 7.81. The van der Waals surface area contributed by atoms with Gasteiger partial charge in [-0.05, 0) is 12.8 Å². The highest BCUT2D eigenvalue weighted by molar-refractivity contribution is 7.45. The first-order chi connectivity index (χ1) is 28.0. The molecule has 0 rings (SSSR count). The molecule has 0 aromatic rings. The van der Waals surface area contributed by atoms with Gasteiger partial charge in [0.05, 0.1) is 39.9 Å². The number of likely N-dealkylation sites (N-methyl/N-ethyl adjacent to an activating group) is 1. The molecule has 1 amide bonds. The van der Waals surface area contributed by atoms with Crippen molar-refractivity contribution >= 4 is 13.7 Å². The molecule has 0 saturated carbocycles.